The number of alkyl carbamates (subject to hydrolysis) is 1. The number of carboxylic acids is 1. The molecule has 0 saturated heterocycles. The van der Waals surface area contributed by atoms with Gasteiger partial charge >= 0.3 is 12.1 Å². The van der Waals surface area contributed by atoms with E-state index in [-0.39, 0.29) is 6.61 Å². The molecular formula is C20H32N2O4. The standard InChI is InChI=1S/C14H19NO4.C6H13N/c1-2-3-9-12(13(16)17)15-14(18)19-10-11-7-5-4-6-8-11;7-6-4-2-1-3-5-6/h4-8,12H,2-3,9-10H2,1H3,(H,15,18)(H,16,17);6H,1-5,7H2/t12-;/m0./s1. The number of benzene rings is 1. The van der Waals surface area contributed by atoms with E-state index in [0.29, 0.717) is 12.5 Å². The molecule has 0 bridgehead atoms. The monoisotopic (exact) mass is 364 g/mol. The van der Waals surface area contributed by atoms with Gasteiger partial charge in [-0.05, 0) is 24.8 Å². The average molecular weight is 364 g/mol. The molecular weight excluding hydrogens is 332 g/mol. The maximum atomic E-state index is 11.5. The van der Waals surface area contributed by atoms with Gasteiger partial charge in [0.05, 0.1) is 0 Å². The van der Waals surface area contributed by atoms with Gasteiger partial charge in [-0.1, -0.05) is 69.4 Å². The molecule has 1 saturated carbocycles. The number of nitrogens with one attached hydrogen (secondary N) is 1. The number of amides is 1. The van der Waals surface area contributed by atoms with Crippen LogP contribution in [0.25, 0.3) is 0 Å². The Labute approximate surface area is 156 Å². The molecule has 26 heavy (non-hydrogen) atoms. The van der Waals surface area contributed by atoms with Crippen molar-refractivity contribution in [3.05, 3.63) is 35.9 Å². The Balaban J connectivity index is 0.000000401. The summed E-state index contributed by atoms with van der Waals surface area (Å²) < 4.78 is 4.98. The first kappa shape index (κ1) is 22.0. The van der Waals surface area contributed by atoms with E-state index in [1.807, 2.05) is 37.3 Å². The van der Waals surface area contributed by atoms with Gasteiger partial charge < -0.3 is 20.9 Å². The molecule has 6 nitrogen and oxygen atoms in total. The smallest absolute Gasteiger partial charge is 0.408 e. The largest absolute Gasteiger partial charge is 0.480 e. The molecule has 1 atom stereocenters. The van der Waals surface area contributed by atoms with Gasteiger partial charge in [-0.2, -0.15) is 0 Å². The third-order valence-corrected chi connectivity index (χ3v) is 4.30. The quantitative estimate of drug-likeness (QED) is 0.682. The summed E-state index contributed by atoms with van der Waals surface area (Å²) in [6, 6.07) is 8.87. The van der Waals surface area contributed by atoms with Crippen molar-refractivity contribution in [1.82, 2.24) is 5.32 Å². The Kier molecular flexibility index (Phi) is 11.1. The predicted octanol–water partition coefficient (Wildman–Crippen LogP) is 3.83. The maximum absolute atomic E-state index is 11.5. The van der Waals surface area contributed by atoms with Crippen LogP contribution in [0.1, 0.15) is 63.9 Å². The number of unbranched alkanes of at least 4 members (excludes halogenated alkanes) is 1. The van der Waals surface area contributed by atoms with E-state index >= 15 is 0 Å². The first-order valence-electron chi connectivity index (χ1n) is 9.48. The summed E-state index contributed by atoms with van der Waals surface area (Å²) in [5.74, 6) is -1.04. The first-order chi connectivity index (χ1) is 12.5. The summed E-state index contributed by atoms with van der Waals surface area (Å²) in [6.45, 7) is 2.10. The second-order valence-corrected chi connectivity index (χ2v) is 6.64. The molecule has 146 valence electrons. The van der Waals surface area contributed by atoms with Gasteiger partial charge in [0.2, 0.25) is 0 Å². The fourth-order valence-corrected chi connectivity index (χ4v) is 2.71. The van der Waals surface area contributed by atoms with Crippen LogP contribution in [0.15, 0.2) is 30.3 Å². The van der Waals surface area contributed by atoms with Crippen molar-refractivity contribution in [1.29, 1.82) is 0 Å². The Hall–Kier alpha value is -2.08. The zero-order valence-corrected chi connectivity index (χ0v) is 15.7. The molecule has 0 aliphatic heterocycles. The molecule has 0 radical (unpaired) electrons. The average Bonchev–Trinajstić information content (AvgIpc) is 2.65. The van der Waals surface area contributed by atoms with Crippen molar-refractivity contribution >= 4 is 12.1 Å². The van der Waals surface area contributed by atoms with Crippen molar-refractivity contribution in [2.75, 3.05) is 0 Å². The summed E-state index contributed by atoms with van der Waals surface area (Å²) >= 11 is 0. The van der Waals surface area contributed by atoms with Crippen LogP contribution in [0, 0.1) is 0 Å². The summed E-state index contributed by atoms with van der Waals surface area (Å²) in [6.07, 6.45) is 8.00. The normalized spacial score (nSPS) is 15.3. The van der Waals surface area contributed by atoms with Gasteiger partial charge in [0, 0.05) is 6.04 Å². The van der Waals surface area contributed by atoms with Gasteiger partial charge in [-0.25, -0.2) is 9.59 Å². The van der Waals surface area contributed by atoms with Crippen molar-refractivity contribution in [3.8, 4) is 0 Å². The van der Waals surface area contributed by atoms with Gasteiger partial charge in [-0.3, -0.25) is 0 Å². The number of aliphatic carboxylic acids is 1. The lowest BCUT2D eigenvalue weighted by Crippen LogP contribution is -2.40. The minimum Gasteiger partial charge on any atom is -0.480 e. The van der Waals surface area contributed by atoms with Crippen LogP contribution in [0.5, 0.6) is 0 Å². The molecule has 1 aliphatic rings. The lowest BCUT2D eigenvalue weighted by molar-refractivity contribution is -0.139. The molecule has 1 aliphatic carbocycles. The van der Waals surface area contributed by atoms with Crippen LogP contribution >= 0.6 is 0 Å². The zero-order chi connectivity index (χ0) is 19.2. The summed E-state index contributed by atoms with van der Waals surface area (Å²) in [5.41, 5.74) is 6.49. The van der Waals surface area contributed by atoms with Gasteiger partial charge in [0.15, 0.2) is 0 Å². The van der Waals surface area contributed by atoms with Gasteiger partial charge in [0.1, 0.15) is 12.6 Å². The Bertz CT molecular complexity index is 516. The molecule has 4 N–H and O–H groups in total. The van der Waals surface area contributed by atoms with Gasteiger partial charge in [0.25, 0.3) is 0 Å². The molecule has 0 aromatic heterocycles. The molecule has 1 aromatic carbocycles. The van der Waals surface area contributed by atoms with Crippen LogP contribution in [0.2, 0.25) is 0 Å². The minimum absolute atomic E-state index is 0.132. The van der Waals surface area contributed by atoms with Crippen LogP contribution in [-0.2, 0) is 16.1 Å². The fraction of sp³-hybridized carbons (Fsp3) is 0.600. The maximum Gasteiger partial charge on any atom is 0.408 e. The number of nitrogens with two attached hydrogens (primary N) is 1. The molecule has 2 rings (SSSR count). The number of carbonyl (C=O) groups is 2. The number of hydrogen-bond acceptors (Lipinski definition) is 4. The Morgan fingerprint density at radius 3 is 2.38 bits per heavy atom. The summed E-state index contributed by atoms with van der Waals surface area (Å²) in [7, 11) is 0. The third kappa shape index (κ3) is 10.0. The molecule has 0 heterocycles. The highest BCUT2D eigenvalue weighted by molar-refractivity contribution is 5.79. The highest BCUT2D eigenvalue weighted by atomic mass is 16.5. The number of rotatable bonds is 7. The highest BCUT2D eigenvalue weighted by Gasteiger charge is 2.19. The minimum atomic E-state index is -1.04. The van der Waals surface area contributed by atoms with E-state index in [1.165, 1.54) is 32.1 Å². The molecule has 1 aromatic rings. The molecule has 0 unspecified atom stereocenters. The van der Waals surface area contributed by atoms with E-state index < -0.39 is 18.1 Å². The van der Waals surface area contributed by atoms with Crippen LogP contribution in [0.3, 0.4) is 0 Å². The van der Waals surface area contributed by atoms with Gasteiger partial charge in [-0.15, -0.1) is 0 Å². The zero-order valence-electron chi connectivity index (χ0n) is 15.7. The second-order valence-electron chi connectivity index (χ2n) is 6.64. The Morgan fingerprint density at radius 2 is 1.88 bits per heavy atom. The molecule has 0 spiro atoms. The Morgan fingerprint density at radius 1 is 1.23 bits per heavy atom. The fourth-order valence-electron chi connectivity index (χ4n) is 2.71. The van der Waals surface area contributed by atoms with E-state index in [9.17, 15) is 9.59 Å². The van der Waals surface area contributed by atoms with E-state index in [1.54, 1.807) is 0 Å². The lowest BCUT2D eigenvalue weighted by atomic mass is 9.97. The summed E-state index contributed by atoms with van der Waals surface area (Å²) in [5, 5.41) is 11.3. The number of hydrogen-bond donors (Lipinski definition) is 3. The first-order valence-corrected chi connectivity index (χ1v) is 9.48. The molecule has 1 fully saturated rings. The van der Waals surface area contributed by atoms with Crippen molar-refractivity contribution in [3.63, 3.8) is 0 Å². The topological polar surface area (TPSA) is 102 Å². The van der Waals surface area contributed by atoms with E-state index in [0.717, 1.165) is 18.4 Å². The van der Waals surface area contributed by atoms with Crippen LogP contribution in [0.4, 0.5) is 4.79 Å². The van der Waals surface area contributed by atoms with Crippen molar-refractivity contribution < 1.29 is 19.4 Å². The lowest BCUT2D eigenvalue weighted by Gasteiger charge is -2.15. The number of ether oxygens (including phenoxy) is 1. The SMILES string of the molecule is CCCC[C@H](NC(=O)OCc1ccccc1)C(=O)O.NC1CCCCC1. The third-order valence-electron chi connectivity index (χ3n) is 4.30. The molecule has 6 heteroatoms. The predicted molar refractivity (Wildman–Crippen MR) is 102 cm³/mol. The number of carbonyl (C=O) groups excluding carboxylic acids is 1. The van der Waals surface area contributed by atoms with Crippen molar-refractivity contribution in [2.45, 2.75) is 77.0 Å². The van der Waals surface area contributed by atoms with E-state index in [4.69, 9.17) is 15.6 Å². The second kappa shape index (κ2) is 13.2. The molecule has 1 amide bonds. The number of carboxylic acid groups (broad SMARTS) is 1. The van der Waals surface area contributed by atoms with Crippen LogP contribution in [-0.4, -0.2) is 29.3 Å². The summed E-state index contributed by atoms with van der Waals surface area (Å²) in [4.78, 5) is 22.4. The van der Waals surface area contributed by atoms with Crippen molar-refractivity contribution in [2.24, 2.45) is 5.73 Å². The van der Waals surface area contributed by atoms with E-state index in [2.05, 4.69) is 5.32 Å². The van der Waals surface area contributed by atoms with Crippen LogP contribution < -0.4 is 11.1 Å². The highest BCUT2D eigenvalue weighted by Crippen LogP contribution is 2.14.